The van der Waals surface area contributed by atoms with Gasteiger partial charge in [-0.15, -0.1) is 0 Å². The predicted molar refractivity (Wildman–Crippen MR) is 59.6 cm³/mol. The number of hydrogen-bond donors (Lipinski definition) is 1. The lowest BCUT2D eigenvalue weighted by molar-refractivity contribution is -0.136. The minimum Gasteiger partial charge on any atom is -0.481 e. The normalized spacial score (nSPS) is 10.2. The highest BCUT2D eigenvalue weighted by molar-refractivity contribution is 9.10. The maximum absolute atomic E-state index is 10.4. The first-order valence-corrected chi connectivity index (χ1v) is 5.27. The van der Waals surface area contributed by atoms with Crippen LogP contribution >= 0.6 is 15.9 Å². The number of aliphatic carboxylic acids is 1. The van der Waals surface area contributed by atoms with E-state index in [4.69, 9.17) is 5.11 Å². The Morgan fingerprint density at radius 2 is 1.86 bits per heavy atom. The van der Waals surface area contributed by atoms with Crippen LogP contribution in [0.3, 0.4) is 0 Å². The largest absolute Gasteiger partial charge is 0.481 e. The Bertz CT molecular complexity index is 335. The van der Waals surface area contributed by atoms with E-state index in [1.807, 2.05) is 26.0 Å². The molecule has 0 saturated carbocycles. The van der Waals surface area contributed by atoms with Gasteiger partial charge in [0, 0.05) is 10.9 Å². The summed E-state index contributed by atoms with van der Waals surface area (Å²) in [6, 6.07) is 4.06. The first-order chi connectivity index (χ1) is 6.50. The van der Waals surface area contributed by atoms with Gasteiger partial charge in [-0.2, -0.15) is 0 Å². The Kier molecular flexibility index (Phi) is 3.69. The molecule has 0 saturated heterocycles. The van der Waals surface area contributed by atoms with Gasteiger partial charge in [0.2, 0.25) is 0 Å². The minimum atomic E-state index is -0.747. The van der Waals surface area contributed by atoms with Crippen LogP contribution in [0.5, 0.6) is 0 Å². The molecule has 3 heteroatoms. The Labute approximate surface area is 92.1 Å². The molecule has 0 aliphatic rings. The van der Waals surface area contributed by atoms with E-state index < -0.39 is 5.97 Å². The molecule has 0 amide bonds. The quantitative estimate of drug-likeness (QED) is 0.903. The van der Waals surface area contributed by atoms with E-state index in [0.717, 1.165) is 21.2 Å². The van der Waals surface area contributed by atoms with E-state index in [9.17, 15) is 4.79 Å². The summed E-state index contributed by atoms with van der Waals surface area (Å²) in [5, 5.41) is 8.56. The third-order valence-corrected chi connectivity index (χ3v) is 3.37. The number of halogens is 1. The van der Waals surface area contributed by atoms with Crippen molar-refractivity contribution < 1.29 is 9.90 Å². The molecule has 0 fully saturated rings. The van der Waals surface area contributed by atoms with Crippen molar-refractivity contribution >= 4 is 21.9 Å². The van der Waals surface area contributed by atoms with Crippen LogP contribution in [-0.2, 0) is 11.2 Å². The molecule has 0 heterocycles. The van der Waals surface area contributed by atoms with E-state index in [-0.39, 0.29) is 6.42 Å². The van der Waals surface area contributed by atoms with Crippen molar-refractivity contribution in [2.45, 2.75) is 26.7 Å². The van der Waals surface area contributed by atoms with Gasteiger partial charge >= 0.3 is 5.97 Å². The van der Waals surface area contributed by atoms with Gasteiger partial charge in [0.25, 0.3) is 0 Å². The van der Waals surface area contributed by atoms with Gasteiger partial charge < -0.3 is 5.11 Å². The van der Waals surface area contributed by atoms with Crippen molar-refractivity contribution in [3.8, 4) is 0 Å². The standard InChI is InChI=1S/C11H13BrO2/c1-7-5-9(3-4-10(13)14)6-8(2)11(7)12/h5-6H,3-4H2,1-2H3,(H,13,14). The molecule has 0 bridgehead atoms. The monoisotopic (exact) mass is 256 g/mol. The summed E-state index contributed by atoms with van der Waals surface area (Å²) in [7, 11) is 0. The van der Waals surface area contributed by atoms with Gasteiger partial charge in [0.05, 0.1) is 0 Å². The number of benzene rings is 1. The van der Waals surface area contributed by atoms with E-state index in [1.54, 1.807) is 0 Å². The minimum absolute atomic E-state index is 0.195. The number of rotatable bonds is 3. The van der Waals surface area contributed by atoms with Crippen LogP contribution in [0.1, 0.15) is 23.1 Å². The fourth-order valence-electron chi connectivity index (χ4n) is 1.43. The van der Waals surface area contributed by atoms with Gasteiger partial charge in [-0.25, -0.2) is 0 Å². The summed E-state index contributed by atoms with van der Waals surface area (Å²) in [5.74, 6) is -0.747. The van der Waals surface area contributed by atoms with Crippen LogP contribution in [0.4, 0.5) is 0 Å². The number of carboxylic acids is 1. The van der Waals surface area contributed by atoms with Crippen LogP contribution in [0.2, 0.25) is 0 Å². The number of carbonyl (C=O) groups is 1. The molecule has 1 N–H and O–H groups in total. The lowest BCUT2D eigenvalue weighted by atomic mass is 10.0. The van der Waals surface area contributed by atoms with E-state index >= 15 is 0 Å². The second-order valence-corrected chi connectivity index (χ2v) is 4.23. The maximum Gasteiger partial charge on any atom is 0.303 e. The molecule has 0 aliphatic heterocycles. The van der Waals surface area contributed by atoms with Gasteiger partial charge in [0.15, 0.2) is 0 Å². The van der Waals surface area contributed by atoms with Gasteiger partial charge in [0.1, 0.15) is 0 Å². The molecule has 0 unspecified atom stereocenters. The van der Waals surface area contributed by atoms with Crippen molar-refractivity contribution in [3.05, 3.63) is 33.3 Å². The summed E-state index contributed by atoms with van der Waals surface area (Å²) in [6.07, 6.45) is 0.796. The second-order valence-electron chi connectivity index (χ2n) is 3.44. The van der Waals surface area contributed by atoms with Gasteiger partial charge in [-0.05, 0) is 37.0 Å². The molecule has 76 valence electrons. The molecule has 0 atom stereocenters. The summed E-state index contributed by atoms with van der Waals surface area (Å²) in [5.41, 5.74) is 3.40. The lowest BCUT2D eigenvalue weighted by Gasteiger charge is -2.06. The van der Waals surface area contributed by atoms with Gasteiger partial charge in [-0.3, -0.25) is 4.79 Å². The SMILES string of the molecule is Cc1cc(CCC(=O)O)cc(C)c1Br. The zero-order chi connectivity index (χ0) is 10.7. The highest BCUT2D eigenvalue weighted by atomic mass is 79.9. The third kappa shape index (κ3) is 2.84. The highest BCUT2D eigenvalue weighted by Crippen LogP contribution is 2.22. The molecule has 2 nitrogen and oxygen atoms in total. The Hall–Kier alpha value is -0.830. The summed E-state index contributed by atoms with van der Waals surface area (Å²) in [4.78, 5) is 10.4. The first-order valence-electron chi connectivity index (χ1n) is 4.48. The molecular weight excluding hydrogens is 244 g/mol. The smallest absolute Gasteiger partial charge is 0.303 e. The first kappa shape index (κ1) is 11.2. The summed E-state index contributed by atoms with van der Waals surface area (Å²) >= 11 is 3.48. The van der Waals surface area contributed by atoms with Crippen LogP contribution in [-0.4, -0.2) is 11.1 Å². The fourth-order valence-corrected chi connectivity index (χ4v) is 1.66. The molecule has 1 aromatic rings. The topological polar surface area (TPSA) is 37.3 Å². The molecule has 0 spiro atoms. The summed E-state index contributed by atoms with van der Waals surface area (Å²) in [6.45, 7) is 4.03. The van der Waals surface area contributed by atoms with Crippen molar-refractivity contribution in [2.24, 2.45) is 0 Å². The molecule has 1 rings (SSSR count). The van der Waals surface area contributed by atoms with E-state index in [2.05, 4.69) is 15.9 Å². The summed E-state index contributed by atoms with van der Waals surface area (Å²) < 4.78 is 1.11. The molecular formula is C11H13BrO2. The Morgan fingerprint density at radius 3 is 2.29 bits per heavy atom. The van der Waals surface area contributed by atoms with Crippen LogP contribution in [0.25, 0.3) is 0 Å². The highest BCUT2D eigenvalue weighted by Gasteiger charge is 2.04. The molecule has 0 aliphatic carbocycles. The van der Waals surface area contributed by atoms with Crippen molar-refractivity contribution in [3.63, 3.8) is 0 Å². The Morgan fingerprint density at radius 1 is 1.36 bits per heavy atom. The zero-order valence-corrected chi connectivity index (χ0v) is 9.89. The average molecular weight is 257 g/mol. The number of carboxylic acid groups (broad SMARTS) is 1. The zero-order valence-electron chi connectivity index (χ0n) is 8.30. The van der Waals surface area contributed by atoms with Crippen molar-refractivity contribution in [1.29, 1.82) is 0 Å². The van der Waals surface area contributed by atoms with E-state index in [1.165, 1.54) is 0 Å². The fraction of sp³-hybridized carbons (Fsp3) is 0.364. The van der Waals surface area contributed by atoms with Crippen molar-refractivity contribution in [2.75, 3.05) is 0 Å². The molecule has 1 aromatic carbocycles. The Balaban J connectivity index is 2.84. The van der Waals surface area contributed by atoms with Crippen LogP contribution < -0.4 is 0 Å². The lowest BCUT2D eigenvalue weighted by Crippen LogP contribution is -1.98. The van der Waals surface area contributed by atoms with Crippen molar-refractivity contribution in [1.82, 2.24) is 0 Å². The van der Waals surface area contributed by atoms with E-state index in [0.29, 0.717) is 6.42 Å². The van der Waals surface area contributed by atoms with Gasteiger partial charge in [-0.1, -0.05) is 28.1 Å². The third-order valence-electron chi connectivity index (χ3n) is 2.12. The average Bonchev–Trinajstić information content (AvgIpc) is 2.10. The maximum atomic E-state index is 10.4. The molecule has 14 heavy (non-hydrogen) atoms. The number of hydrogen-bond acceptors (Lipinski definition) is 1. The second kappa shape index (κ2) is 4.60. The molecule has 0 radical (unpaired) electrons. The molecule has 0 aromatic heterocycles. The number of aryl methyl sites for hydroxylation is 3. The van der Waals surface area contributed by atoms with Crippen LogP contribution in [0, 0.1) is 13.8 Å². The predicted octanol–water partition coefficient (Wildman–Crippen LogP) is 3.08. The van der Waals surface area contributed by atoms with Crippen LogP contribution in [0.15, 0.2) is 16.6 Å².